The molecule has 0 spiro atoms. The van der Waals surface area contributed by atoms with Crippen molar-refractivity contribution >= 4 is 11.9 Å². The number of carbonyl (C=O) groups excluding carboxylic acids is 2. The molecule has 1 rings (SSSR count). The van der Waals surface area contributed by atoms with Gasteiger partial charge in [-0.05, 0) is 37.5 Å². The third-order valence-corrected chi connectivity index (χ3v) is 3.36. The predicted octanol–water partition coefficient (Wildman–Crippen LogP) is 3.48. The molecule has 0 N–H and O–H groups in total. The fourth-order valence-electron chi connectivity index (χ4n) is 2.43. The van der Waals surface area contributed by atoms with Crippen LogP contribution in [-0.2, 0) is 19.1 Å². The van der Waals surface area contributed by atoms with Gasteiger partial charge in [0.05, 0.1) is 0 Å². The third-order valence-electron chi connectivity index (χ3n) is 3.36. The number of rotatable bonds is 6. The summed E-state index contributed by atoms with van der Waals surface area (Å²) in [6.45, 7) is 7.95. The van der Waals surface area contributed by atoms with Crippen molar-refractivity contribution in [1.82, 2.24) is 0 Å². The molecular weight excluding hydrogens is 256 g/mol. The molecule has 1 aliphatic carbocycles. The standard InChI is InChI=1S/C16H28O4/c1-11(2)9-15(17)19-13-7-5-6-8-14(13)20-16(18)10-12(3)4/h11-14H,5-10H2,1-4H3. The molecule has 2 unspecified atom stereocenters. The van der Waals surface area contributed by atoms with E-state index >= 15 is 0 Å². The van der Waals surface area contributed by atoms with Gasteiger partial charge in [0.25, 0.3) is 0 Å². The molecule has 0 saturated heterocycles. The Labute approximate surface area is 122 Å². The van der Waals surface area contributed by atoms with Crippen LogP contribution in [-0.4, -0.2) is 24.1 Å². The summed E-state index contributed by atoms with van der Waals surface area (Å²) in [6, 6.07) is 0. The molecule has 116 valence electrons. The van der Waals surface area contributed by atoms with E-state index in [1.165, 1.54) is 0 Å². The molecule has 4 nitrogen and oxygen atoms in total. The number of hydrogen-bond acceptors (Lipinski definition) is 4. The quantitative estimate of drug-likeness (QED) is 0.701. The highest BCUT2D eigenvalue weighted by Gasteiger charge is 2.31. The summed E-state index contributed by atoms with van der Waals surface area (Å²) < 4.78 is 11.0. The van der Waals surface area contributed by atoms with Crippen LogP contribution in [0.15, 0.2) is 0 Å². The minimum Gasteiger partial charge on any atom is -0.458 e. The van der Waals surface area contributed by atoms with Crippen LogP contribution in [0.4, 0.5) is 0 Å². The molecular formula is C16H28O4. The molecule has 0 aromatic carbocycles. The molecule has 0 amide bonds. The first-order chi connectivity index (χ1) is 9.38. The maximum absolute atomic E-state index is 11.8. The molecule has 0 aromatic rings. The molecule has 0 bridgehead atoms. The second-order valence-electron chi connectivity index (χ2n) is 6.54. The van der Waals surface area contributed by atoms with Crippen LogP contribution < -0.4 is 0 Å². The van der Waals surface area contributed by atoms with Gasteiger partial charge in [0.1, 0.15) is 12.2 Å². The minimum atomic E-state index is -0.258. The van der Waals surface area contributed by atoms with Crippen LogP contribution in [0.3, 0.4) is 0 Å². The Balaban J connectivity index is 2.49. The summed E-state index contributed by atoms with van der Waals surface area (Å²) in [4.78, 5) is 23.5. The largest absolute Gasteiger partial charge is 0.458 e. The first-order valence-electron chi connectivity index (χ1n) is 7.77. The second kappa shape index (κ2) is 8.28. The van der Waals surface area contributed by atoms with Crippen LogP contribution >= 0.6 is 0 Å². The Kier molecular flexibility index (Phi) is 7.03. The summed E-state index contributed by atoms with van der Waals surface area (Å²) in [5.74, 6) is 0.203. The lowest BCUT2D eigenvalue weighted by Crippen LogP contribution is -2.38. The molecule has 2 atom stereocenters. The zero-order chi connectivity index (χ0) is 15.1. The van der Waals surface area contributed by atoms with E-state index in [1.54, 1.807) is 0 Å². The van der Waals surface area contributed by atoms with Crippen LogP contribution in [0.2, 0.25) is 0 Å². The fourth-order valence-corrected chi connectivity index (χ4v) is 2.43. The van der Waals surface area contributed by atoms with Gasteiger partial charge in [-0.15, -0.1) is 0 Å². The average molecular weight is 284 g/mol. The van der Waals surface area contributed by atoms with Crippen molar-refractivity contribution in [2.24, 2.45) is 11.8 Å². The van der Waals surface area contributed by atoms with E-state index in [1.807, 2.05) is 27.7 Å². The van der Waals surface area contributed by atoms with Crippen LogP contribution in [0.5, 0.6) is 0 Å². The molecule has 0 heterocycles. The van der Waals surface area contributed by atoms with Crippen molar-refractivity contribution in [2.45, 2.75) is 78.4 Å². The zero-order valence-corrected chi connectivity index (χ0v) is 13.2. The summed E-state index contributed by atoms with van der Waals surface area (Å²) in [5, 5.41) is 0. The van der Waals surface area contributed by atoms with Crippen molar-refractivity contribution in [1.29, 1.82) is 0 Å². The highest BCUT2D eigenvalue weighted by molar-refractivity contribution is 5.71. The van der Waals surface area contributed by atoms with Crippen molar-refractivity contribution in [2.75, 3.05) is 0 Å². The Morgan fingerprint density at radius 2 is 1.20 bits per heavy atom. The van der Waals surface area contributed by atoms with E-state index in [0.29, 0.717) is 12.8 Å². The van der Waals surface area contributed by atoms with Gasteiger partial charge in [-0.1, -0.05) is 27.7 Å². The maximum atomic E-state index is 11.8. The van der Waals surface area contributed by atoms with Crippen molar-refractivity contribution in [3.05, 3.63) is 0 Å². The third kappa shape index (κ3) is 6.40. The maximum Gasteiger partial charge on any atom is 0.306 e. The Morgan fingerprint density at radius 3 is 1.50 bits per heavy atom. The normalized spacial score (nSPS) is 22.9. The summed E-state index contributed by atoms with van der Waals surface area (Å²) in [5.41, 5.74) is 0. The van der Waals surface area contributed by atoms with E-state index < -0.39 is 0 Å². The highest BCUT2D eigenvalue weighted by atomic mass is 16.6. The lowest BCUT2D eigenvalue weighted by molar-refractivity contribution is -0.172. The first kappa shape index (κ1) is 17.0. The molecule has 20 heavy (non-hydrogen) atoms. The van der Waals surface area contributed by atoms with Gasteiger partial charge in [0.2, 0.25) is 0 Å². The van der Waals surface area contributed by atoms with E-state index in [-0.39, 0.29) is 36.0 Å². The van der Waals surface area contributed by atoms with E-state index in [2.05, 4.69) is 0 Å². The number of esters is 2. The molecule has 4 heteroatoms. The SMILES string of the molecule is CC(C)CC(=O)OC1CCCCC1OC(=O)CC(C)C. The minimum absolute atomic E-state index is 0.184. The van der Waals surface area contributed by atoms with Crippen molar-refractivity contribution in [3.8, 4) is 0 Å². The Bertz CT molecular complexity index is 290. The molecule has 0 aliphatic heterocycles. The molecule has 0 radical (unpaired) electrons. The van der Waals surface area contributed by atoms with Crippen LogP contribution in [0.25, 0.3) is 0 Å². The summed E-state index contributed by atoms with van der Waals surface area (Å²) >= 11 is 0. The summed E-state index contributed by atoms with van der Waals surface area (Å²) in [7, 11) is 0. The fraction of sp³-hybridized carbons (Fsp3) is 0.875. The molecule has 1 fully saturated rings. The van der Waals surface area contributed by atoms with Crippen LogP contribution in [0, 0.1) is 11.8 Å². The number of hydrogen-bond donors (Lipinski definition) is 0. The molecule has 1 saturated carbocycles. The van der Waals surface area contributed by atoms with Crippen molar-refractivity contribution in [3.63, 3.8) is 0 Å². The molecule has 0 aromatic heterocycles. The van der Waals surface area contributed by atoms with Gasteiger partial charge in [0.15, 0.2) is 0 Å². The lowest BCUT2D eigenvalue weighted by Gasteiger charge is -2.31. The Hall–Kier alpha value is -1.06. The topological polar surface area (TPSA) is 52.6 Å². The summed E-state index contributed by atoms with van der Waals surface area (Å²) in [6.07, 6.45) is 3.96. The van der Waals surface area contributed by atoms with Gasteiger partial charge >= 0.3 is 11.9 Å². The monoisotopic (exact) mass is 284 g/mol. The van der Waals surface area contributed by atoms with E-state index in [9.17, 15) is 9.59 Å². The Morgan fingerprint density at radius 1 is 0.850 bits per heavy atom. The second-order valence-corrected chi connectivity index (χ2v) is 6.54. The van der Waals surface area contributed by atoms with Gasteiger partial charge in [-0.3, -0.25) is 9.59 Å². The van der Waals surface area contributed by atoms with E-state index in [4.69, 9.17) is 9.47 Å². The van der Waals surface area contributed by atoms with Crippen molar-refractivity contribution < 1.29 is 19.1 Å². The van der Waals surface area contributed by atoms with E-state index in [0.717, 1.165) is 25.7 Å². The lowest BCUT2D eigenvalue weighted by atomic mass is 9.94. The van der Waals surface area contributed by atoms with Crippen LogP contribution in [0.1, 0.15) is 66.2 Å². The average Bonchev–Trinajstić information content (AvgIpc) is 2.29. The smallest absolute Gasteiger partial charge is 0.306 e. The highest BCUT2D eigenvalue weighted by Crippen LogP contribution is 2.25. The van der Waals surface area contributed by atoms with Gasteiger partial charge in [-0.2, -0.15) is 0 Å². The predicted molar refractivity (Wildman–Crippen MR) is 77.1 cm³/mol. The number of ether oxygens (including phenoxy) is 2. The zero-order valence-electron chi connectivity index (χ0n) is 13.2. The van der Waals surface area contributed by atoms with Gasteiger partial charge < -0.3 is 9.47 Å². The molecule has 1 aliphatic rings. The van der Waals surface area contributed by atoms with Gasteiger partial charge in [0, 0.05) is 12.8 Å². The van der Waals surface area contributed by atoms with Gasteiger partial charge in [-0.25, -0.2) is 0 Å². The first-order valence-corrected chi connectivity index (χ1v) is 7.77. The number of carbonyl (C=O) groups is 2.